The summed E-state index contributed by atoms with van der Waals surface area (Å²) in [6, 6.07) is 19.7. The van der Waals surface area contributed by atoms with Crippen LogP contribution in [-0.2, 0) is 21.4 Å². The molecular weight excluding hydrogens is 528 g/mol. The number of hydrogen-bond donors (Lipinski definition) is 2. The second-order valence-electron chi connectivity index (χ2n) is 10.6. The molecule has 206 valence electrons. The van der Waals surface area contributed by atoms with E-state index in [-0.39, 0.29) is 41.9 Å². The maximum absolute atomic E-state index is 14.4. The number of benzene rings is 3. The van der Waals surface area contributed by atoms with Gasteiger partial charge in [0.15, 0.2) is 0 Å². The molecule has 0 bridgehead atoms. The van der Waals surface area contributed by atoms with Crippen molar-refractivity contribution >= 4 is 34.3 Å². The van der Waals surface area contributed by atoms with Gasteiger partial charge in [-0.25, -0.2) is 8.78 Å². The lowest BCUT2D eigenvalue weighted by atomic mass is 9.80. The lowest BCUT2D eigenvalue weighted by molar-refractivity contribution is -0.136. The molecule has 2 N–H and O–H groups in total. The SMILES string of the molecule is CN(C(=O)c1cc2c(F)cc(F)cc2[nH]1)C(Cc1ccccc1)C(=O)N1C[C@]2(C[C@H]1C#N)C(=O)Nc1ccccc12. The molecule has 1 spiro atoms. The summed E-state index contributed by atoms with van der Waals surface area (Å²) in [5.41, 5.74) is 1.18. The van der Waals surface area contributed by atoms with Crippen LogP contribution in [0.2, 0.25) is 0 Å². The first-order valence-electron chi connectivity index (χ1n) is 13.1. The van der Waals surface area contributed by atoms with E-state index >= 15 is 0 Å². The van der Waals surface area contributed by atoms with Gasteiger partial charge < -0.3 is 20.1 Å². The van der Waals surface area contributed by atoms with E-state index in [2.05, 4.69) is 16.4 Å². The Morgan fingerprint density at radius 3 is 2.61 bits per heavy atom. The van der Waals surface area contributed by atoms with Gasteiger partial charge in [-0.1, -0.05) is 48.5 Å². The highest BCUT2D eigenvalue weighted by molar-refractivity contribution is 6.07. The number of fused-ring (bicyclic) bond motifs is 3. The highest BCUT2D eigenvalue weighted by atomic mass is 19.1. The molecular formula is C31H25F2N5O3. The number of carbonyl (C=O) groups is 3. The Kier molecular flexibility index (Phi) is 6.30. The third-order valence-corrected chi connectivity index (χ3v) is 8.14. The van der Waals surface area contributed by atoms with Crippen molar-refractivity contribution in [2.45, 2.75) is 30.3 Å². The summed E-state index contributed by atoms with van der Waals surface area (Å²) in [7, 11) is 1.46. The van der Waals surface area contributed by atoms with E-state index in [1.165, 1.54) is 22.9 Å². The van der Waals surface area contributed by atoms with Crippen LogP contribution in [0.4, 0.5) is 14.5 Å². The van der Waals surface area contributed by atoms with E-state index in [9.17, 15) is 28.4 Å². The fraction of sp³-hybridized carbons (Fsp3) is 0.226. The maximum atomic E-state index is 14.4. The molecule has 4 aromatic rings. The smallest absolute Gasteiger partial charge is 0.270 e. The normalized spacial score (nSPS) is 20.1. The average molecular weight is 554 g/mol. The third kappa shape index (κ3) is 4.30. The van der Waals surface area contributed by atoms with Gasteiger partial charge >= 0.3 is 0 Å². The number of halogens is 2. The van der Waals surface area contributed by atoms with E-state index in [0.717, 1.165) is 23.3 Å². The zero-order chi connectivity index (χ0) is 28.9. The van der Waals surface area contributed by atoms with Crippen molar-refractivity contribution in [1.29, 1.82) is 5.26 Å². The highest BCUT2D eigenvalue weighted by Gasteiger charge is 2.56. The quantitative estimate of drug-likeness (QED) is 0.387. The van der Waals surface area contributed by atoms with Crippen LogP contribution in [0.25, 0.3) is 10.9 Å². The molecule has 6 rings (SSSR count). The average Bonchev–Trinajstić information content (AvgIpc) is 3.65. The first-order chi connectivity index (χ1) is 19.7. The number of para-hydroxylation sites is 1. The lowest BCUT2D eigenvalue weighted by Crippen LogP contribution is -2.52. The first-order valence-corrected chi connectivity index (χ1v) is 13.1. The van der Waals surface area contributed by atoms with Gasteiger partial charge in [0, 0.05) is 43.6 Å². The van der Waals surface area contributed by atoms with Crippen molar-refractivity contribution in [2.24, 2.45) is 0 Å². The standard InChI is InChI=1S/C31H25F2N5O3/c1-37(28(39)26-14-21-23(33)12-19(32)13-25(21)35-26)27(11-18-7-3-2-4-8-18)29(40)38-17-31(15-20(38)16-34)22-9-5-6-10-24(22)36-30(31)41/h2-10,12-14,20,27,35H,11,15,17H2,1H3,(H,36,41)/t20-,27?,31-/m0/s1. The van der Waals surface area contributed by atoms with Gasteiger partial charge in [0.1, 0.15) is 29.4 Å². The molecule has 41 heavy (non-hydrogen) atoms. The van der Waals surface area contributed by atoms with Crippen LogP contribution < -0.4 is 5.32 Å². The number of hydrogen-bond acceptors (Lipinski definition) is 4. The molecule has 8 nitrogen and oxygen atoms in total. The lowest BCUT2D eigenvalue weighted by Gasteiger charge is -2.32. The largest absolute Gasteiger partial charge is 0.350 e. The molecule has 3 aromatic carbocycles. The van der Waals surface area contributed by atoms with E-state index in [1.807, 2.05) is 42.5 Å². The Labute approximate surface area is 234 Å². The van der Waals surface area contributed by atoms with Crippen molar-refractivity contribution in [2.75, 3.05) is 18.9 Å². The molecule has 3 amide bonds. The molecule has 3 atom stereocenters. The third-order valence-electron chi connectivity index (χ3n) is 8.14. The number of likely N-dealkylation sites (N-methyl/N-ethyl adjacent to an activating group) is 1. The summed E-state index contributed by atoms with van der Waals surface area (Å²) in [6.07, 6.45) is 0.260. The second kappa shape index (κ2) is 9.86. The summed E-state index contributed by atoms with van der Waals surface area (Å²) in [6.45, 7) is -0.0168. The molecule has 1 unspecified atom stereocenters. The minimum Gasteiger partial charge on any atom is -0.350 e. The van der Waals surface area contributed by atoms with Crippen molar-refractivity contribution in [3.63, 3.8) is 0 Å². The van der Waals surface area contributed by atoms with E-state index in [1.54, 1.807) is 12.1 Å². The van der Waals surface area contributed by atoms with Crippen LogP contribution in [-0.4, -0.2) is 58.2 Å². The van der Waals surface area contributed by atoms with Gasteiger partial charge in [0.05, 0.1) is 17.0 Å². The van der Waals surface area contributed by atoms with Crippen LogP contribution in [0.5, 0.6) is 0 Å². The summed E-state index contributed by atoms with van der Waals surface area (Å²) in [5, 5.41) is 13.0. The second-order valence-corrected chi connectivity index (χ2v) is 10.6. The number of nitriles is 1. The Balaban J connectivity index is 1.36. The maximum Gasteiger partial charge on any atom is 0.270 e. The van der Waals surface area contributed by atoms with Gasteiger partial charge in [0.25, 0.3) is 5.91 Å². The molecule has 2 aliphatic heterocycles. The van der Waals surface area contributed by atoms with Crippen molar-refractivity contribution < 1.29 is 23.2 Å². The number of H-pyrrole nitrogens is 1. The van der Waals surface area contributed by atoms with Gasteiger partial charge in [-0.2, -0.15) is 5.26 Å². The molecule has 0 aliphatic carbocycles. The van der Waals surface area contributed by atoms with E-state index in [4.69, 9.17) is 0 Å². The predicted octanol–water partition coefficient (Wildman–Crippen LogP) is 4.14. The van der Waals surface area contributed by atoms with Gasteiger partial charge in [-0.15, -0.1) is 0 Å². The Bertz CT molecular complexity index is 1750. The summed E-state index contributed by atoms with van der Waals surface area (Å²) < 4.78 is 28.1. The van der Waals surface area contributed by atoms with Crippen LogP contribution in [0.3, 0.4) is 0 Å². The zero-order valence-corrected chi connectivity index (χ0v) is 22.0. The molecule has 3 heterocycles. The Morgan fingerprint density at radius 1 is 1.12 bits per heavy atom. The van der Waals surface area contributed by atoms with Crippen molar-refractivity contribution in [3.8, 4) is 6.07 Å². The number of carbonyl (C=O) groups excluding carboxylic acids is 3. The number of aromatic amines is 1. The minimum atomic E-state index is -1.08. The van der Waals surface area contributed by atoms with E-state index in [0.29, 0.717) is 5.69 Å². The summed E-state index contributed by atoms with van der Waals surface area (Å²) in [5.74, 6) is -2.97. The Morgan fingerprint density at radius 2 is 1.85 bits per heavy atom. The monoisotopic (exact) mass is 553 g/mol. The molecule has 1 aromatic heterocycles. The van der Waals surface area contributed by atoms with Crippen LogP contribution in [0.1, 0.15) is 28.0 Å². The van der Waals surface area contributed by atoms with Crippen LogP contribution >= 0.6 is 0 Å². The highest BCUT2D eigenvalue weighted by Crippen LogP contribution is 2.46. The number of likely N-dealkylation sites (tertiary alicyclic amines) is 1. The predicted molar refractivity (Wildman–Crippen MR) is 147 cm³/mol. The van der Waals surface area contributed by atoms with Crippen LogP contribution in [0.15, 0.2) is 72.8 Å². The molecule has 2 aliphatic rings. The number of rotatable bonds is 5. The Hall–Kier alpha value is -5.04. The molecule has 1 saturated heterocycles. The number of nitrogens with one attached hydrogen (secondary N) is 2. The van der Waals surface area contributed by atoms with Gasteiger partial charge in [-0.3, -0.25) is 14.4 Å². The number of anilines is 1. The van der Waals surface area contributed by atoms with Crippen molar-refractivity contribution in [1.82, 2.24) is 14.8 Å². The fourth-order valence-electron chi connectivity index (χ4n) is 6.01. The number of nitrogens with zero attached hydrogens (tertiary/aromatic N) is 3. The minimum absolute atomic E-state index is 0.0168. The van der Waals surface area contributed by atoms with Crippen LogP contribution in [0, 0.1) is 23.0 Å². The van der Waals surface area contributed by atoms with Gasteiger partial charge in [-0.05, 0) is 29.3 Å². The van der Waals surface area contributed by atoms with Gasteiger partial charge in [0.2, 0.25) is 11.8 Å². The summed E-state index contributed by atoms with van der Waals surface area (Å²) >= 11 is 0. The fourth-order valence-corrected chi connectivity index (χ4v) is 6.01. The first kappa shape index (κ1) is 26.2. The number of amides is 3. The molecule has 0 saturated carbocycles. The summed E-state index contributed by atoms with van der Waals surface area (Å²) in [4.78, 5) is 46.5. The number of aromatic nitrogens is 1. The zero-order valence-electron chi connectivity index (χ0n) is 22.0. The molecule has 0 radical (unpaired) electrons. The van der Waals surface area contributed by atoms with E-state index < -0.39 is 40.9 Å². The van der Waals surface area contributed by atoms with Crippen molar-refractivity contribution in [3.05, 3.63) is 101 Å². The topological polar surface area (TPSA) is 109 Å². The molecule has 1 fully saturated rings. The molecule has 10 heteroatoms.